The fraction of sp³-hybridized carbons (Fsp3) is 0.375. The summed E-state index contributed by atoms with van der Waals surface area (Å²) in [5.41, 5.74) is 3.08. The van der Waals surface area contributed by atoms with Crippen LogP contribution in [-0.2, 0) is 0 Å². The largest absolute Gasteiger partial charge is 0.507 e. The van der Waals surface area contributed by atoms with Gasteiger partial charge in [-0.05, 0) is 48.6 Å². The number of thiophene rings is 1. The van der Waals surface area contributed by atoms with Crippen molar-refractivity contribution in [2.45, 2.75) is 41.5 Å². The second kappa shape index (κ2) is 9.00. The van der Waals surface area contributed by atoms with Crippen LogP contribution < -0.4 is 0 Å². The molecule has 2 rings (SSSR count). The maximum atomic E-state index is 9.89. The molecule has 3 heteroatoms. The van der Waals surface area contributed by atoms with Crippen LogP contribution in [0.4, 0.5) is 0 Å². The quantitative estimate of drug-likeness (QED) is 0.642. The van der Waals surface area contributed by atoms with E-state index in [1.807, 2.05) is 59.1 Å². The van der Waals surface area contributed by atoms with Gasteiger partial charge in [0, 0.05) is 15.5 Å². The molecule has 0 unspecified atom stereocenters. The van der Waals surface area contributed by atoms with Gasteiger partial charge in [0.1, 0.15) is 5.75 Å². The lowest BCUT2D eigenvalue weighted by molar-refractivity contribution is 0.477. The summed E-state index contributed by atoms with van der Waals surface area (Å²) in [5, 5.41) is 12.5. The number of phenols is 1. The van der Waals surface area contributed by atoms with Gasteiger partial charge < -0.3 is 5.11 Å². The van der Waals surface area contributed by atoms with E-state index in [4.69, 9.17) is 11.6 Å². The van der Waals surface area contributed by atoms with E-state index in [2.05, 4.69) is 0 Å². The van der Waals surface area contributed by atoms with Crippen molar-refractivity contribution in [3.63, 3.8) is 0 Å². The SMILES string of the molecule is CC.CC.Cc1ccsc1-c1c(C)cc(Cl)cc1O. The minimum Gasteiger partial charge on any atom is -0.507 e. The zero-order chi connectivity index (χ0) is 15.0. The van der Waals surface area contributed by atoms with E-state index in [1.54, 1.807) is 17.4 Å². The van der Waals surface area contributed by atoms with E-state index in [0.29, 0.717) is 5.02 Å². The average Bonchev–Trinajstić information content (AvgIpc) is 2.80. The molecular weight excluding hydrogens is 276 g/mol. The van der Waals surface area contributed by atoms with E-state index in [1.165, 1.54) is 5.56 Å². The molecular formula is C16H23ClOS. The van der Waals surface area contributed by atoms with Crippen molar-refractivity contribution < 1.29 is 5.11 Å². The molecule has 0 saturated heterocycles. The molecule has 0 amide bonds. The summed E-state index contributed by atoms with van der Waals surface area (Å²) in [5.74, 6) is 0.255. The van der Waals surface area contributed by atoms with Crippen LogP contribution in [0.15, 0.2) is 23.6 Å². The normalized spacial score (nSPS) is 9.00. The van der Waals surface area contributed by atoms with Crippen LogP contribution in [0.25, 0.3) is 10.4 Å². The van der Waals surface area contributed by atoms with Gasteiger partial charge in [-0.15, -0.1) is 11.3 Å². The molecule has 1 aromatic carbocycles. The Morgan fingerprint density at radius 1 is 1.00 bits per heavy atom. The third-order valence-electron chi connectivity index (χ3n) is 2.37. The van der Waals surface area contributed by atoms with Crippen LogP contribution in [-0.4, -0.2) is 5.11 Å². The minimum absolute atomic E-state index is 0.255. The van der Waals surface area contributed by atoms with Crippen LogP contribution in [0.2, 0.25) is 5.02 Å². The van der Waals surface area contributed by atoms with E-state index in [0.717, 1.165) is 16.0 Å². The Morgan fingerprint density at radius 2 is 1.58 bits per heavy atom. The first-order chi connectivity index (χ1) is 9.09. The number of benzene rings is 1. The lowest BCUT2D eigenvalue weighted by Gasteiger charge is -2.08. The van der Waals surface area contributed by atoms with Crippen LogP contribution >= 0.6 is 22.9 Å². The number of hydrogen-bond donors (Lipinski definition) is 1. The highest BCUT2D eigenvalue weighted by molar-refractivity contribution is 7.13. The average molecular weight is 299 g/mol. The Labute approximate surface area is 125 Å². The predicted molar refractivity (Wildman–Crippen MR) is 88.6 cm³/mol. The molecule has 1 heterocycles. The highest BCUT2D eigenvalue weighted by Gasteiger charge is 2.12. The molecule has 0 atom stereocenters. The van der Waals surface area contributed by atoms with Crippen molar-refractivity contribution >= 4 is 22.9 Å². The Kier molecular flexibility index (Phi) is 8.53. The molecule has 2 aromatic rings. The van der Waals surface area contributed by atoms with E-state index in [9.17, 15) is 5.11 Å². The summed E-state index contributed by atoms with van der Waals surface area (Å²) >= 11 is 7.50. The smallest absolute Gasteiger partial charge is 0.125 e. The highest BCUT2D eigenvalue weighted by Crippen LogP contribution is 2.39. The molecule has 0 fully saturated rings. The minimum atomic E-state index is 0.255. The van der Waals surface area contributed by atoms with Crippen LogP contribution in [0.5, 0.6) is 5.75 Å². The molecule has 0 bridgehead atoms. The number of rotatable bonds is 1. The zero-order valence-corrected chi connectivity index (χ0v) is 14.1. The Hall–Kier alpha value is -0.990. The van der Waals surface area contributed by atoms with E-state index in [-0.39, 0.29) is 5.75 Å². The fourth-order valence-corrected chi connectivity index (χ4v) is 2.96. The highest BCUT2D eigenvalue weighted by atomic mass is 35.5. The molecule has 0 radical (unpaired) electrons. The Balaban J connectivity index is 0.000000741. The Bertz CT molecular complexity index is 480. The molecule has 1 aromatic heterocycles. The van der Waals surface area contributed by atoms with Crippen molar-refractivity contribution in [2.75, 3.05) is 0 Å². The first-order valence-electron chi connectivity index (χ1n) is 6.63. The van der Waals surface area contributed by atoms with Gasteiger partial charge in [0.25, 0.3) is 0 Å². The van der Waals surface area contributed by atoms with Crippen molar-refractivity contribution in [1.29, 1.82) is 0 Å². The maximum absolute atomic E-state index is 9.89. The van der Waals surface area contributed by atoms with Crippen molar-refractivity contribution in [3.05, 3.63) is 39.7 Å². The predicted octanol–water partition coefficient (Wildman–Crippen LogP) is 6.44. The van der Waals surface area contributed by atoms with Gasteiger partial charge in [0.05, 0.1) is 0 Å². The fourth-order valence-electron chi connectivity index (χ4n) is 1.65. The first kappa shape index (κ1) is 18.0. The lowest BCUT2D eigenvalue weighted by atomic mass is 10.0. The van der Waals surface area contributed by atoms with Gasteiger partial charge in [-0.1, -0.05) is 39.3 Å². The van der Waals surface area contributed by atoms with Gasteiger partial charge in [0.15, 0.2) is 0 Å². The molecule has 0 aliphatic carbocycles. The Morgan fingerprint density at radius 3 is 2.00 bits per heavy atom. The molecule has 0 saturated carbocycles. The number of phenolic OH excluding ortho intramolecular Hbond substituents is 1. The van der Waals surface area contributed by atoms with Crippen molar-refractivity contribution in [2.24, 2.45) is 0 Å². The van der Waals surface area contributed by atoms with Crippen LogP contribution in [0, 0.1) is 13.8 Å². The molecule has 1 N–H and O–H groups in total. The lowest BCUT2D eigenvalue weighted by Crippen LogP contribution is -1.84. The molecule has 106 valence electrons. The van der Waals surface area contributed by atoms with Gasteiger partial charge >= 0.3 is 0 Å². The van der Waals surface area contributed by atoms with Crippen molar-refractivity contribution in [3.8, 4) is 16.2 Å². The van der Waals surface area contributed by atoms with Crippen LogP contribution in [0.1, 0.15) is 38.8 Å². The summed E-state index contributed by atoms with van der Waals surface area (Å²) < 4.78 is 0. The summed E-state index contributed by atoms with van der Waals surface area (Å²) in [6.07, 6.45) is 0. The van der Waals surface area contributed by atoms with Gasteiger partial charge in [-0.3, -0.25) is 0 Å². The summed E-state index contributed by atoms with van der Waals surface area (Å²) in [4.78, 5) is 1.11. The van der Waals surface area contributed by atoms with Crippen molar-refractivity contribution in [1.82, 2.24) is 0 Å². The summed E-state index contributed by atoms with van der Waals surface area (Å²) in [6.45, 7) is 12.0. The second-order valence-electron chi connectivity index (χ2n) is 3.55. The standard InChI is InChI=1S/C12H11ClOS.2C2H6/c1-7-3-4-15-12(7)11-8(2)5-9(13)6-10(11)14;2*1-2/h3-6,14H,1-2H3;2*1-2H3. The van der Waals surface area contributed by atoms with Gasteiger partial charge in [-0.2, -0.15) is 0 Å². The zero-order valence-electron chi connectivity index (χ0n) is 12.5. The number of aryl methyl sites for hydroxylation is 2. The molecule has 0 aliphatic heterocycles. The number of hydrogen-bond acceptors (Lipinski definition) is 2. The summed E-state index contributed by atoms with van der Waals surface area (Å²) in [7, 11) is 0. The molecule has 19 heavy (non-hydrogen) atoms. The van der Waals surface area contributed by atoms with Gasteiger partial charge in [0.2, 0.25) is 0 Å². The number of halogens is 1. The van der Waals surface area contributed by atoms with Gasteiger partial charge in [-0.25, -0.2) is 0 Å². The summed E-state index contributed by atoms with van der Waals surface area (Å²) in [6, 6.07) is 5.51. The number of aromatic hydroxyl groups is 1. The molecule has 0 spiro atoms. The molecule has 1 nitrogen and oxygen atoms in total. The second-order valence-corrected chi connectivity index (χ2v) is 4.90. The topological polar surface area (TPSA) is 20.2 Å². The third kappa shape index (κ3) is 4.55. The monoisotopic (exact) mass is 298 g/mol. The van der Waals surface area contributed by atoms with E-state index < -0.39 is 0 Å². The third-order valence-corrected chi connectivity index (χ3v) is 3.62. The van der Waals surface area contributed by atoms with Crippen LogP contribution in [0.3, 0.4) is 0 Å². The first-order valence-corrected chi connectivity index (χ1v) is 7.89. The maximum Gasteiger partial charge on any atom is 0.125 e. The van der Waals surface area contributed by atoms with E-state index >= 15 is 0 Å². The molecule has 0 aliphatic rings.